The number of likely N-dealkylation sites (N-methyl/N-ethyl adjacent to an activating group) is 1. The summed E-state index contributed by atoms with van der Waals surface area (Å²) in [5, 5.41) is 7.24. The molecule has 2 heterocycles. The van der Waals surface area contributed by atoms with E-state index < -0.39 is 5.60 Å². The van der Waals surface area contributed by atoms with Crippen LogP contribution in [-0.4, -0.2) is 61.1 Å². The van der Waals surface area contributed by atoms with Crippen molar-refractivity contribution >= 4 is 23.3 Å². The molecule has 1 aliphatic heterocycles. The maximum absolute atomic E-state index is 12.6. The Bertz CT molecular complexity index is 596. The minimum absolute atomic E-state index is 0.0142. The molecule has 0 bridgehead atoms. The molecule has 0 radical (unpaired) electrons. The van der Waals surface area contributed by atoms with Crippen LogP contribution in [0, 0.1) is 5.92 Å². The molecule has 0 spiro atoms. The van der Waals surface area contributed by atoms with Gasteiger partial charge in [-0.3, -0.25) is 4.79 Å². The van der Waals surface area contributed by atoms with Gasteiger partial charge in [0.05, 0.1) is 12.0 Å². The van der Waals surface area contributed by atoms with Crippen LogP contribution < -0.4 is 5.32 Å². The van der Waals surface area contributed by atoms with E-state index >= 15 is 0 Å². The summed E-state index contributed by atoms with van der Waals surface area (Å²) >= 11 is 1.66. The summed E-state index contributed by atoms with van der Waals surface area (Å²) in [6.45, 7) is 7.19. The van der Waals surface area contributed by atoms with Gasteiger partial charge in [0.15, 0.2) is 0 Å². The predicted molar refractivity (Wildman–Crippen MR) is 104 cm³/mol. The summed E-state index contributed by atoms with van der Waals surface area (Å²) in [6.07, 6.45) is 1.29. The lowest BCUT2D eigenvalue weighted by Crippen LogP contribution is -2.47. The van der Waals surface area contributed by atoms with Gasteiger partial charge in [-0.25, -0.2) is 4.79 Å². The molecule has 0 aromatic carbocycles. The maximum atomic E-state index is 12.6. The molecule has 0 saturated carbocycles. The largest absolute Gasteiger partial charge is 0.444 e. The molecule has 1 fully saturated rings. The van der Waals surface area contributed by atoms with Crippen molar-refractivity contribution in [2.24, 2.45) is 5.92 Å². The molecule has 2 rings (SSSR count). The second kappa shape index (κ2) is 8.86. The molecule has 146 valence electrons. The molecule has 1 aromatic heterocycles. The molecule has 1 aliphatic rings. The topological polar surface area (TPSA) is 61.9 Å². The number of likely N-dealkylation sites (tertiary alicyclic amines) is 1. The van der Waals surface area contributed by atoms with Gasteiger partial charge in [-0.05, 0) is 70.1 Å². The Morgan fingerprint density at radius 2 is 2.15 bits per heavy atom. The normalized spacial score (nSPS) is 19.3. The zero-order valence-corrected chi connectivity index (χ0v) is 17.3. The van der Waals surface area contributed by atoms with Crippen LogP contribution in [0.4, 0.5) is 4.79 Å². The van der Waals surface area contributed by atoms with Gasteiger partial charge in [0, 0.05) is 19.6 Å². The third-order valence-corrected chi connectivity index (χ3v) is 5.17. The third-order valence-electron chi connectivity index (χ3n) is 4.46. The number of carbonyl (C=O) groups excluding carboxylic acids is 2. The number of nitrogens with one attached hydrogen (secondary N) is 1. The van der Waals surface area contributed by atoms with Gasteiger partial charge in [-0.15, -0.1) is 0 Å². The van der Waals surface area contributed by atoms with E-state index in [9.17, 15) is 9.59 Å². The lowest BCUT2D eigenvalue weighted by atomic mass is 9.97. The van der Waals surface area contributed by atoms with E-state index in [1.54, 1.807) is 16.2 Å². The van der Waals surface area contributed by atoms with Gasteiger partial charge in [-0.2, -0.15) is 11.3 Å². The lowest BCUT2D eigenvalue weighted by Gasteiger charge is -2.34. The fourth-order valence-electron chi connectivity index (χ4n) is 3.09. The van der Waals surface area contributed by atoms with E-state index in [1.807, 2.05) is 40.2 Å². The molecule has 26 heavy (non-hydrogen) atoms. The molecule has 6 nitrogen and oxygen atoms in total. The van der Waals surface area contributed by atoms with Gasteiger partial charge < -0.3 is 19.9 Å². The zero-order chi connectivity index (χ0) is 19.3. The second-order valence-electron chi connectivity index (χ2n) is 8.05. The van der Waals surface area contributed by atoms with Crippen molar-refractivity contribution in [1.82, 2.24) is 15.1 Å². The number of amides is 2. The van der Waals surface area contributed by atoms with Crippen LogP contribution in [0.5, 0.6) is 0 Å². The number of thiophene rings is 1. The minimum atomic E-state index is -0.522. The van der Waals surface area contributed by atoms with Gasteiger partial charge in [0.1, 0.15) is 5.60 Å². The Kier molecular flexibility index (Phi) is 7.06. The Balaban J connectivity index is 1.89. The molecule has 2 atom stereocenters. The van der Waals surface area contributed by atoms with Crippen molar-refractivity contribution < 1.29 is 14.3 Å². The number of rotatable bonds is 5. The van der Waals surface area contributed by atoms with Crippen LogP contribution in [0.2, 0.25) is 0 Å². The molecule has 0 unspecified atom stereocenters. The fraction of sp³-hybridized carbons (Fsp3) is 0.684. The van der Waals surface area contributed by atoms with Gasteiger partial charge in [0.25, 0.3) is 0 Å². The Labute approximate surface area is 160 Å². The van der Waals surface area contributed by atoms with Crippen molar-refractivity contribution in [3.05, 3.63) is 22.4 Å². The third kappa shape index (κ3) is 5.99. The highest BCUT2D eigenvalue weighted by molar-refractivity contribution is 7.07. The van der Waals surface area contributed by atoms with Crippen molar-refractivity contribution in [3.8, 4) is 0 Å². The lowest BCUT2D eigenvalue weighted by molar-refractivity contribution is -0.126. The highest BCUT2D eigenvalue weighted by atomic mass is 32.1. The summed E-state index contributed by atoms with van der Waals surface area (Å²) in [7, 11) is 4.03. The van der Waals surface area contributed by atoms with Crippen molar-refractivity contribution in [1.29, 1.82) is 0 Å². The van der Waals surface area contributed by atoms with E-state index in [4.69, 9.17) is 4.74 Å². The number of hydrogen-bond acceptors (Lipinski definition) is 5. The SMILES string of the molecule is CN(C)[C@H](CNC(=O)[C@H]1CCCN(C(=O)OC(C)(C)C)C1)c1ccsc1. The van der Waals surface area contributed by atoms with Crippen LogP contribution in [0.1, 0.15) is 45.2 Å². The molecule has 7 heteroatoms. The molecule has 1 N–H and O–H groups in total. The summed E-state index contributed by atoms with van der Waals surface area (Å²) in [6, 6.07) is 2.24. The van der Waals surface area contributed by atoms with E-state index in [0.29, 0.717) is 19.6 Å². The average molecular weight is 382 g/mol. The first-order chi connectivity index (χ1) is 12.2. The van der Waals surface area contributed by atoms with Gasteiger partial charge in [-0.1, -0.05) is 0 Å². The minimum Gasteiger partial charge on any atom is -0.444 e. The maximum Gasteiger partial charge on any atom is 0.410 e. The number of piperidine rings is 1. The van der Waals surface area contributed by atoms with Crippen molar-refractivity contribution in [2.75, 3.05) is 33.7 Å². The van der Waals surface area contributed by atoms with Crippen LogP contribution in [0.15, 0.2) is 16.8 Å². The number of ether oxygens (including phenoxy) is 1. The quantitative estimate of drug-likeness (QED) is 0.851. The van der Waals surface area contributed by atoms with Crippen molar-refractivity contribution in [2.45, 2.75) is 45.3 Å². The van der Waals surface area contributed by atoms with Crippen LogP contribution in [-0.2, 0) is 9.53 Å². The number of carbonyl (C=O) groups is 2. The highest BCUT2D eigenvalue weighted by Gasteiger charge is 2.31. The van der Waals surface area contributed by atoms with Crippen LogP contribution >= 0.6 is 11.3 Å². The van der Waals surface area contributed by atoms with Gasteiger partial charge >= 0.3 is 6.09 Å². The Morgan fingerprint density at radius 1 is 1.42 bits per heavy atom. The first-order valence-electron chi connectivity index (χ1n) is 9.11. The number of nitrogens with zero attached hydrogens (tertiary/aromatic N) is 2. The van der Waals surface area contributed by atoms with E-state index in [0.717, 1.165) is 12.8 Å². The average Bonchev–Trinajstić information content (AvgIpc) is 3.07. The van der Waals surface area contributed by atoms with Crippen LogP contribution in [0.3, 0.4) is 0 Å². The molecular formula is C19H31N3O3S. The summed E-state index contributed by atoms with van der Waals surface area (Å²) in [4.78, 5) is 28.7. The monoisotopic (exact) mass is 381 g/mol. The Morgan fingerprint density at radius 3 is 2.73 bits per heavy atom. The van der Waals surface area contributed by atoms with E-state index in [1.165, 1.54) is 5.56 Å². The van der Waals surface area contributed by atoms with Crippen LogP contribution in [0.25, 0.3) is 0 Å². The summed E-state index contributed by atoms with van der Waals surface area (Å²) in [5.74, 6) is -0.165. The van der Waals surface area contributed by atoms with Crippen molar-refractivity contribution in [3.63, 3.8) is 0 Å². The standard InChI is InChI=1S/C19H31N3O3S/c1-19(2,3)25-18(24)22-9-6-7-14(12-22)17(23)20-11-16(21(4)5)15-8-10-26-13-15/h8,10,13-14,16H,6-7,9,11-12H2,1-5H3,(H,20,23)/t14-,16+/m0/s1. The van der Waals surface area contributed by atoms with E-state index in [2.05, 4.69) is 21.7 Å². The summed E-state index contributed by atoms with van der Waals surface area (Å²) in [5.41, 5.74) is 0.686. The Hall–Kier alpha value is -1.60. The number of hydrogen-bond donors (Lipinski definition) is 1. The van der Waals surface area contributed by atoms with Gasteiger partial charge in [0.2, 0.25) is 5.91 Å². The smallest absolute Gasteiger partial charge is 0.410 e. The second-order valence-corrected chi connectivity index (χ2v) is 8.83. The highest BCUT2D eigenvalue weighted by Crippen LogP contribution is 2.22. The molecule has 2 amide bonds. The molecular weight excluding hydrogens is 350 g/mol. The fourth-order valence-corrected chi connectivity index (χ4v) is 3.80. The first kappa shape index (κ1) is 20.7. The summed E-state index contributed by atoms with van der Waals surface area (Å²) < 4.78 is 5.43. The first-order valence-corrected chi connectivity index (χ1v) is 10.1. The molecule has 1 saturated heterocycles. The predicted octanol–water partition coefficient (Wildman–Crippen LogP) is 3.11. The molecule has 0 aliphatic carbocycles. The zero-order valence-electron chi connectivity index (χ0n) is 16.4. The molecule has 1 aromatic rings. The van der Waals surface area contributed by atoms with E-state index in [-0.39, 0.29) is 24.0 Å².